The largest absolute Gasteiger partial charge is 0.389 e. The Bertz CT molecular complexity index is 662. The third-order valence-electron chi connectivity index (χ3n) is 5.56. The predicted molar refractivity (Wildman–Crippen MR) is 102 cm³/mol. The number of likely N-dealkylation sites (tertiary alicyclic amines) is 1. The summed E-state index contributed by atoms with van der Waals surface area (Å²) >= 11 is 0. The van der Waals surface area contributed by atoms with E-state index in [-0.39, 0.29) is 0 Å². The van der Waals surface area contributed by atoms with Gasteiger partial charge in [-0.15, -0.1) is 0 Å². The molecular formula is C20H31N3O2. The van der Waals surface area contributed by atoms with Gasteiger partial charge in [0, 0.05) is 30.2 Å². The van der Waals surface area contributed by atoms with Crippen LogP contribution in [-0.2, 0) is 0 Å². The number of likely N-dealkylation sites (N-methyl/N-ethyl adjacent to an activating group) is 1. The van der Waals surface area contributed by atoms with Crippen molar-refractivity contribution in [2.24, 2.45) is 0 Å². The van der Waals surface area contributed by atoms with E-state index in [0.29, 0.717) is 5.92 Å². The number of hydrogen-bond acceptors (Lipinski definition) is 4. The summed E-state index contributed by atoms with van der Waals surface area (Å²) in [4.78, 5) is 7.81. The van der Waals surface area contributed by atoms with Gasteiger partial charge in [-0.1, -0.05) is 25.1 Å². The van der Waals surface area contributed by atoms with E-state index in [2.05, 4.69) is 40.3 Å². The van der Waals surface area contributed by atoms with Gasteiger partial charge in [-0.3, -0.25) is 4.90 Å². The number of nitrogens with zero attached hydrogens (tertiary/aromatic N) is 2. The van der Waals surface area contributed by atoms with E-state index < -0.39 is 12.3 Å². The molecular weight excluding hydrogens is 314 g/mol. The second kappa shape index (κ2) is 8.32. The smallest absolute Gasteiger partial charge is 0.133 e. The highest BCUT2D eigenvalue weighted by atomic mass is 16.3. The van der Waals surface area contributed by atoms with Crippen LogP contribution < -0.4 is 0 Å². The third kappa shape index (κ3) is 4.23. The number of aliphatic hydroxyl groups is 2. The molecule has 0 bridgehead atoms. The Kier molecular flexibility index (Phi) is 6.12. The summed E-state index contributed by atoms with van der Waals surface area (Å²) in [6, 6.07) is 8.54. The Morgan fingerprint density at radius 1 is 1.24 bits per heavy atom. The molecule has 1 aromatic carbocycles. The van der Waals surface area contributed by atoms with E-state index in [1.54, 1.807) is 6.92 Å². The molecule has 138 valence electrons. The average Bonchev–Trinajstić information content (AvgIpc) is 3.06. The van der Waals surface area contributed by atoms with Gasteiger partial charge in [0.25, 0.3) is 0 Å². The first kappa shape index (κ1) is 18.4. The van der Waals surface area contributed by atoms with E-state index >= 15 is 0 Å². The molecule has 1 saturated heterocycles. The molecule has 0 spiro atoms. The van der Waals surface area contributed by atoms with Crippen LogP contribution in [0.1, 0.15) is 38.2 Å². The van der Waals surface area contributed by atoms with Gasteiger partial charge in [-0.2, -0.15) is 0 Å². The van der Waals surface area contributed by atoms with Crippen molar-refractivity contribution in [3.8, 4) is 0 Å². The zero-order valence-electron chi connectivity index (χ0n) is 15.4. The zero-order valence-corrected chi connectivity index (χ0v) is 15.4. The first-order valence-electron chi connectivity index (χ1n) is 9.48. The van der Waals surface area contributed by atoms with Gasteiger partial charge >= 0.3 is 0 Å². The number of hydrogen-bond donors (Lipinski definition) is 3. The van der Waals surface area contributed by atoms with Crippen molar-refractivity contribution in [3.05, 3.63) is 36.0 Å². The number of benzene rings is 1. The molecule has 0 radical (unpaired) electrons. The highest BCUT2D eigenvalue weighted by Crippen LogP contribution is 2.32. The standard InChI is InChI=1S/C20H31N3O2/c1-3-23(20(25)15(2)24)13-12-22-10-8-16(9-11-22)18-14-21-19-7-5-4-6-17(18)19/h4-7,14-16,20-21,24-25H,3,8-13H2,1-2H3/t15-,20?/m1/s1. The molecule has 2 atom stereocenters. The number of aromatic nitrogens is 1. The van der Waals surface area contributed by atoms with Crippen molar-refractivity contribution in [2.45, 2.75) is 44.9 Å². The fourth-order valence-corrected chi connectivity index (χ4v) is 3.95. The van der Waals surface area contributed by atoms with Crippen LogP contribution in [0, 0.1) is 0 Å². The highest BCUT2D eigenvalue weighted by Gasteiger charge is 2.24. The van der Waals surface area contributed by atoms with Crippen LogP contribution in [0.3, 0.4) is 0 Å². The summed E-state index contributed by atoms with van der Waals surface area (Å²) in [7, 11) is 0. The molecule has 1 fully saturated rings. The maximum atomic E-state index is 10.0. The second-order valence-electron chi connectivity index (χ2n) is 7.19. The fourth-order valence-electron chi connectivity index (χ4n) is 3.95. The molecule has 1 aromatic heterocycles. The topological polar surface area (TPSA) is 62.7 Å². The first-order chi connectivity index (χ1) is 12.1. The van der Waals surface area contributed by atoms with E-state index in [4.69, 9.17) is 0 Å². The van der Waals surface area contributed by atoms with E-state index in [1.807, 2.05) is 11.8 Å². The van der Waals surface area contributed by atoms with Gasteiger partial charge in [0.1, 0.15) is 6.23 Å². The minimum atomic E-state index is -0.770. The van der Waals surface area contributed by atoms with Crippen molar-refractivity contribution >= 4 is 10.9 Å². The van der Waals surface area contributed by atoms with Crippen molar-refractivity contribution in [3.63, 3.8) is 0 Å². The Morgan fingerprint density at radius 3 is 2.64 bits per heavy atom. The summed E-state index contributed by atoms with van der Waals surface area (Å²) in [5.41, 5.74) is 2.68. The highest BCUT2D eigenvalue weighted by molar-refractivity contribution is 5.83. The van der Waals surface area contributed by atoms with Crippen molar-refractivity contribution < 1.29 is 10.2 Å². The van der Waals surface area contributed by atoms with Gasteiger partial charge in [-0.25, -0.2) is 0 Å². The molecule has 5 nitrogen and oxygen atoms in total. The van der Waals surface area contributed by atoms with Gasteiger partial charge < -0.3 is 20.1 Å². The zero-order chi connectivity index (χ0) is 17.8. The SMILES string of the molecule is CCN(CCN1CCC(c2c[nH]c3ccccc23)CC1)C(O)[C@@H](C)O. The number of nitrogens with one attached hydrogen (secondary N) is 1. The van der Waals surface area contributed by atoms with Crippen LogP contribution in [0.15, 0.2) is 30.5 Å². The first-order valence-corrected chi connectivity index (χ1v) is 9.48. The lowest BCUT2D eigenvalue weighted by molar-refractivity contribution is -0.0761. The normalized spacial score (nSPS) is 19.6. The van der Waals surface area contributed by atoms with Crippen LogP contribution in [0.4, 0.5) is 0 Å². The number of aliphatic hydroxyl groups excluding tert-OH is 2. The van der Waals surface area contributed by atoms with E-state index in [1.165, 1.54) is 29.3 Å². The summed E-state index contributed by atoms with van der Waals surface area (Å²) < 4.78 is 0. The van der Waals surface area contributed by atoms with Gasteiger partial charge in [0.2, 0.25) is 0 Å². The number of aromatic amines is 1. The number of H-pyrrole nitrogens is 1. The lowest BCUT2D eigenvalue weighted by Crippen LogP contribution is -2.46. The fraction of sp³-hybridized carbons (Fsp3) is 0.600. The molecule has 1 unspecified atom stereocenters. The minimum Gasteiger partial charge on any atom is -0.389 e. The average molecular weight is 345 g/mol. The van der Waals surface area contributed by atoms with Gasteiger partial charge in [0.05, 0.1) is 6.10 Å². The molecule has 25 heavy (non-hydrogen) atoms. The Hall–Kier alpha value is -1.40. The Morgan fingerprint density at radius 2 is 1.96 bits per heavy atom. The third-order valence-corrected chi connectivity index (χ3v) is 5.56. The van der Waals surface area contributed by atoms with E-state index in [9.17, 15) is 10.2 Å². The molecule has 3 N–H and O–H groups in total. The van der Waals surface area contributed by atoms with Crippen molar-refractivity contribution in [1.29, 1.82) is 0 Å². The van der Waals surface area contributed by atoms with Crippen LogP contribution in [-0.4, -0.2) is 70.1 Å². The molecule has 2 heterocycles. The molecule has 0 amide bonds. The lowest BCUT2D eigenvalue weighted by Gasteiger charge is -2.35. The Labute approximate surface area is 150 Å². The monoisotopic (exact) mass is 345 g/mol. The molecule has 1 aliphatic rings. The molecule has 2 aromatic rings. The maximum absolute atomic E-state index is 10.0. The van der Waals surface area contributed by atoms with Crippen LogP contribution >= 0.6 is 0 Å². The minimum absolute atomic E-state index is 0.623. The number of fused-ring (bicyclic) bond motifs is 1. The molecule has 3 rings (SSSR count). The maximum Gasteiger partial charge on any atom is 0.133 e. The summed E-state index contributed by atoms with van der Waals surface area (Å²) in [5.74, 6) is 0.623. The summed E-state index contributed by atoms with van der Waals surface area (Å²) in [5, 5.41) is 21.0. The molecule has 5 heteroatoms. The second-order valence-corrected chi connectivity index (χ2v) is 7.19. The Balaban J connectivity index is 1.52. The number of rotatable bonds is 7. The predicted octanol–water partition coefficient (Wildman–Crippen LogP) is 2.37. The summed E-state index contributed by atoms with van der Waals surface area (Å²) in [6.07, 6.45) is 3.05. The molecule has 0 aliphatic carbocycles. The van der Waals surface area contributed by atoms with Crippen LogP contribution in [0.5, 0.6) is 0 Å². The van der Waals surface area contributed by atoms with Gasteiger partial charge in [0.15, 0.2) is 0 Å². The van der Waals surface area contributed by atoms with Gasteiger partial charge in [-0.05, 0) is 56.9 Å². The quantitative estimate of drug-likeness (QED) is 0.674. The molecule has 0 saturated carbocycles. The van der Waals surface area contributed by atoms with Crippen molar-refractivity contribution in [2.75, 3.05) is 32.7 Å². The lowest BCUT2D eigenvalue weighted by atomic mass is 9.89. The van der Waals surface area contributed by atoms with Crippen molar-refractivity contribution in [1.82, 2.24) is 14.8 Å². The number of piperidine rings is 1. The van der Waals surface area contributed by atoms with Crippen LogP contribution in [0.2, 0.25) is 0 Å². The summed E-state index contributed by atoms with van der Waals surface area (Å²) in [6.45, 7) is 8.32. The van der Waals surface area contributed by atoms with Crippen LogP contribution in [0.25, 0.3) is 10.9 Å². The molecule has 1 aliphatic heterocycles. The number of para-hydroxylation sites is 1. The van der Waals surface area contributed by atoms with E-state index in [0.717, 1.165) is 32.7 Å².